The van der Waals surface area contributed by atoms with Gasteiger partial charge in [0.25, 0.3) is 5.91 Å². The standard InChI is InChI=1S/C25H28N4O4/c1-25(2)13-18-11-19(21(12-22(18)33-25)29-9-5-16(14-30)6-10-29)27-23(31)20-15-32-24(28-20)17-3-7-26-8-4-17/h3-4,7-8,11-12,15-16,30H,5-6,9-10,13-14H2,1-2H3,(H,27,31). The van der Waals surface area contributed by atoms with Gasteiger partial charge < -0.3 is 24.5 Å². The van der Waals surface area contributed by atoms with E-state index in [1.165, 1.54) is 6.26 Å². The number of hydrogen-bond acceptors (Lipinski definition) is 7. The Bertz CT molecular complexity index is 1150. The summed E-state index contributed by atoms with van der Waals surface area (Å²) in [6.07, 6.45) is 7.27. The van der Waals surface area contributed by atoms with Crippen LogP contribution in [0.25, 0.3) is 11.5 Å². The molecule has 3 aromatic rings. The molecule has 172 valence electrons. The van der Waals surface area contributed by atoms with Crippen molar-refractivity contribution in [3.8, 4) is 17.2 Å². The number of aliphatic hydroxyl groups excluding tert-OH is 1. The number of rotatable bonds is 5. The summed E-state index contributed by atoms with van der Waals surface area (Å²) < 4.78 is 11.7. The molecule has 2 aliphatic rings. The van der Waals surface area contributed by atoms with Crippen molar-refractivity contribution >= 4 is 17.3 Å². The van der Waals surface area contributed by atoms with Gasteiger partial charge in [-0.2, -0.15) is 0 Å². The SMILES string of the molecule is CC1(C)Cc2cc(NC(=O)c3coc(-c4ccncc4)n3)c(N3CCC(CO)CC3)cc2O1. The first kappa shape index (κ1) is 21.5. The van der Waals surface area contributed by atoms with Crippen molar-refractivity contribution in [2.24, 2.45) is 5.92 Å². The lowest BCUT2D eigenvalue weighted by atomic mass is 9.96. The smallest absolute Gasteiger partial charge is 0.277 e. The van der Waals surface area contributed by atoms with E-state index in [2.05, 4.69) is 34.0 Å². The van der Waals surface area contributed by atoms with Crippen LogP contribution in [0.5, 0.6) is 5.75 Å². The number of oxazole rings is 1. The van der Waals surface area contributed by atoms with Crippen molar-refractivity contribution in [2.45, 2.75) is 38.7 Å². The third kappa shape index (κ3) is 4.43. The molecule has 8 heteroatoms. The summed E-state index contributed by atoms with van der Waals surface area (Å²) in [5.41, 5.74) is 3.42. The van der Waals surface area contributed by atoms with Gasteiger partial charge in [0.1, 0.15) is 17.6 Å². The maximum Gasteiger partial charge on any atom is 0.277 e. The van der Waals surface area contributed by atoms with Gasteiger partial charge in [0.2, 0.25) is 5.89 Å². The first-order chi connectivity index (χ1) is 15.9. The zero-order chi connectivity index (χ0) is 23.0. The topological polar surface area (TPSA) is 101 Å². The Kier molecular flexibility index (Phi) is 5.54. The molecule has 2 N–H and O–H groups in total. The highest BCUT2D eigenvalue weighted by Crippen LogP contribution is 2.42. The lowest BCUT2D eigenvalue weighted by Crippen LogP contribution is -2.35. The van der Waals surface area contributed by atoms with Crippen molar-refractivity contribution < 1.29 is 19.1 Å². The highest BCUT2D eigenvalue weighted by Gasteiger charge is 2.32. The number of pyridine rings is 1. The van der Waals surface area contributed by atoms with Gasteiger partial charge in [0, 0.05) is 55.7 Å². The Labute approximate surface area is 192 Å². The van der Waals surface area contributed by atoms with Gasteiger partial charge in [-0.3, -0.25) is 9.78 Å². The number of anilines is 2. The molecule has 0 unspecified atom stereocenters. The number of fused-ring (bicyclic) bond motifs is 1. The van der Waals surface area contributed by atoms with Gasteiger partial charge in [-0.15, -0.1) is 0 Å². The summed E-state index contributed by atoms with van der Waals surface area (Å²) in [5.74, 6) is 1.23. The first-order valence-corrected chi connectivity index (χ1v) is 11.3. The van der Waals surface area contributed by atoms with Crippen LogP contribution in [-0.4, -0.2) is 46.3 Å². The number of nitrogens with zero attached hydrogens (tertiary/aromatic N) is 3. The first-order valence-electron chi connectivity index (χ1n) is 11.3. The molecule has 0 saturated carbocycles. The van der Waals surface area contributed by atoms with Gasteiger partial charge in [0.15, 0.2) is 5.69 Å². The molecule has 2 aliphatic heterocycles. The van der Waals surface area contributed by atoms with Crippen LogP contribution in [0.2, 0.25) is 0 Å². The van der Waals surface area contributed by atoms with Gasteiger partial charge in [-0.05, 0) is 50.8 Å². The second-order valence-electron chi connectivity index (χ2n) is 9.36. The number of nitrogens with one attached hydrogen (secondary N) is 1. The van der Waals surface area contributed by atoms with Crippen molar-refractivity contribution in [2.75, 3.05) is 29.9 Å². The van der Waals surface area contributed by atoms with Crippen LogP contribution in [0, 0.1) is 5.92 Å². The number of carbonyl (C=O) groups excluding carboxylic acids is 1. The fourth-order valence-electron chi connectivity index (χ4n) is 4.55. The number of ether oxygens (including phenoxy) is 1. The molecule has 1 aromatic carbocycles. The quantitative estimate of drug-likeness (QED) is 0.610. The Morgan fingerprint density at radius 1 is 1.24 bits per heavy atom. The maximum atomic E-state index is 13.1. The number of aliphatic hydroxyl groups is 1. The van der Waals surface area contributed by atoms with E-state index in [9.17, 15) is 9.90 Å². The summed E-state index contributed by atoms with van der Waals surface area (Å²) in [5, 5.41) is 12.6. The number of aromatic nitrogens is 2. The fourth-order valence-corrected chi connectivity index (χ4v) is 4.55. The zero-order valence-corrected chi connectivity index (χ0v) is 18.9. The number of benzene rings is 1. The molecule has 1 saturated heterocycles. The molecule has 0 radical (unpaired) electrons. The Morgan fingerprint density at radius 3 is 2.73 bits per heavy atom. The molecule has 0 atom stereocenters. The molecule has 8 nitrogen and oxygen atoms in total. The van der Waals surface area contributed by atoms with E-state index in [0.717, 1.165) is 60.6 Å². The largest absolute Gasteiger partial charge is 0.487 e. The summed E-state index contributed by atoms with van der Waals surface area (Å²) in [4.78, 5) is 23.7. The molecule has 0 aliphatic carbocycles. The van der Waals surface area contributed by atoms with Crippen molar-refractivity contribution in [1.29, 1.82) is 0 Å². The van der Waals surface area contributed by atoms with Crippen LogP contribution in [0.1, 0.15) is 42.7 Å². The Balaban J connectivity index is 1.42. The minimum Gasteiger partial charge on any atom is -0.487 e. The third-order valence-corrected chi connectivity index (χ3v) is 6.31. The van der Waals surface area contributed by atoms with E-state index in [0.29, 0.717) is 11.8 Å². The van der Waals surface area contributed by atoms with E-state index < -0.39 is 0 Å². The summed E-state index contributed by atoms with van der Waals surface area (Å²) in [6.45, 7) is 5.96. The van der Waals surface area contributed by atoms with Crippen LogP contribution in [-0.2, 0) is 6.42 Å². The highest BCUT2D eigenvalue weighted by atomic mass is 16.5. The minimum atomic E-state index is -0.330. The fraction of sp³-hybridized carbons (Fsp3) is 0.400. The molecular formula is C25H28N4O4. The average Bonchev–Trinajstić information content (AvgIpc) is 3.42. The van der Waals surface area contributed by atoms with Crippen LogP contribution in [0.15, 0.2) is 47.3 Å². The van der Waals surface area contributed by atoms with Gasteiger partial charge in [-0.25, -0.2) is 4.98 Å². The maximum absolute atomic E-state index is 13.1. The number of hydrogen-bond donors (Lipinski definition) is 2. The Morgan fingerprint density at radius 2 is 2.00 bits per heavy atom. The average molecular weight is 449 g/mol. The van der Waals surface area contributed by atoms with Crippen LogP contribution < -0.4 is 15.0 Å². The molecule has 5 rings (SSSR count). The molecule has 2 aromatic heterocycles. The molecule has 1 fully saturated rings. The summed E-state index contributed by atoms with van der Waals surface area (Å²) in [6, 6.07) is 7.61. The second kappa shape index (κ2) is 8.51. The molecule has 0 spiro atoms. The molecule has 33 heavy (non-hydrogen) atoms. The predicted molar refractivity (Wildman–Crippen MR) is 125 cm³/mol. The minimum absolute atomic E-state index is 0.212. The summed E-state index contributed by atoms with van der Waals surface area (Å²) in [7, 11) is 0. The van der Waals surface area contributed by atoms with Crippen molar-refractivity contribution in [1.82, 2.24) is 9.97 Å². The van der Waals surface area contributed by atoms with E-state index in [1.807, 2.05) is 12.1 Å². The monoisotopic (exact) mass is 448 g/mol. The van der Waals surface area contributed by atoms with E-state index in [1.54, 1.807) is 24.5 Å². The number of piperidine rings is 1. The van der Waals surface area contributed by atoms with E-state index >= 15 is 0 Å². The third-order valence-electron chi connectivity index (χ3n) is 6.31. The van der Waals surface area contributed by atoms with Crippen LogP contribution >= 0.6 is 0 Å². The van der Waals surface area contributed by atoms with Gasteiger partial charge in [-0.1, -0.05) is 0 Å². The van der Waals surface area contributed by atoms with Crippen molar-refractivity contribution in [3.05, 3.63) is 54.2 Å². The normalized spacial score (nSPS) is 17.5. The van der Waals surface area contributed by atoms with Gasteiger partial charge in [0.05, 0.1) is 11.4 Å². The van der Waals surface area contributed by atoms with Crippen LogP contribution in [0.3, 0.4) is 0 Å². The number of amides is 1. The molecule has 4 heterocycles. The predicted octanol–water partition coefficient (Wildman–Crippen LogP) is 3.91. The molecular weight excluding hydrogens is 420 g/mol. The number of carbonyl (C=O) groups is 1. The molecule has 0 bridgehead atoms. The zero-order valence-electron chi connectivity index (χ0n) is 18.9. The van der Waals surface area contributed by atoms with E-state index in [4.69, 9.17) is 9.15 Å². The lowest BCUT2D eigenvalue weighted by molar-refractivity contribution is 0.102. The second-order valence-corrected chi connectivity index (χ2v) is 9.36. The lowest BCUT2D eigenvalue weighted by Gasteiger charge is -2.34. The van der Waals surface area contributed by atoms with E-state index in [-0.39, 0.29) is 23.8 Å². The summed E-state index contributed by atoms with van der Waals surface area (Å²) >= 11 is 0. The van der Waals surface area contributed by atoms with Crippen molar-refractivity contribution in [3.63, 3.8) is 0 Å². The van der Waals surface area contributed by atoms with Gasteiger partial charge >= 0.3 is 0 Å². The molecule has 1 amide bonds. The Hall–Kier alpha value is -3.39. The van der Waals surface area contributed by atoms with Crippen LogP contribution in [0.4, 0.5) is 11.4 Å². The highest BCUT2D eigenvalue weighted by molar-refractivity contribution is 6.05.